The van der Waals surface area contributed by atoms with Crippen LogP contribution in [0, 0.1) is 0 Å². The van der Waals surface area contributed by atoms with Gasteiger partial charge in [0.25, 0.3) is 0 Å². The molecule has 3 atom stereocenters. The molecule has 34 heavy (non-hydrogen) atoms. The van der Waals surface area contributed by atoms with Crippen LogP contribution in [0.15, 0.2) is 36.4 Å². The molecule has 0 aliphatic heterocycles. The Morgan fingerprint density at radius 2 is 1.97 bits per heavy atom. The lowest BCUT2D eigenvalue weighted by Gasteiger charge is -2.19. The molecule has 2 aromatic carbocycles. The average Bonchev–Trinajstić information content (AvgIpc) is 3.47. The van der Waals surface area contributed by atoms with Gasteiger partial charge < -0.3 is 19.6 Å². The zero-order valence-electron chi connectivity index (χ0n) is 19.0. The van der Waals surface area contributed by atoms with E-state index in [2.05, 4.69) is 4.98 Å². The van der Waals surface area contributed by atoms with Crippen molar-refractivity contribution in [2.75, 3.05) is 0 Å². The summed E-state index contributed by atoms with van der Waals surface area (Å²) in [4.78, 5) is 15.0. The van der Waals surface area contributed by atoms with Crippen molar-refractivity contribution in [1.82, 2.24) is 4.98 Å². The molecule has 1 aromatic heterocycles. The fourth-order valence-corrected chi connectivity index (χ4v) is 5.67. The number of benzene rings is 2. The number of halogens is 3. The first kappa shape index (κ1) is 23.0. The minimum absolute atomic E-state index is 0.0295. The third-order valence-electron chi connectivity index (χ3n) is 7.27. The van der Waals surface area contributed by atoms with E-state index in [-0.39, 0.29) is 29.8 Å². The van der Waals surface area contributed by atoms with E-state index in [1.165, 1.54) is 11.6 Å². The maximum Gasteiger partial charge on any atom is 0.416 e. The molecule has 4 nitrogen and oxygen atoms in total. The fraction of sp³-hybridized carbons (Fsp3) is 0.444. The predicted octanol–water partition coefficient (Wildman–Crippen LogP) is 6.40. The van der Waals surface area contributed by atoms with Gasteiger partial charge in [-0.1, -0.05) is 12.1 Å². The molecule has 3 unspecified atom stereocenters. The monoisotopic (exact) mass is 471 g/mol. The maximum absolute atomic E-state index is 13.8. The van der Waals surface area contributed by atoms with Gasteiger partial charge >= 0.3 is 6.18 Å². The van der Waals surface area contributed by atoms with Crippen molar-refractivity contribution < 1.29 is 27.8 Å². The van der Waals surface area contributed by atoms with E-state index in [4.69, 9.17) is 4.74 Å². The summed E-state index contributed by atoms with van der Waals surface area (Å²) in [6.07, 6.45) is -1.16. The largest absolute Gasteiger partial charge is 0.489 e. The Hall–Kier alpha value is -2.80. The van der Waals surface area contributed by atoms with Crippen LogP contribution in [0.3, 0.4) is 0 Å². The van der Waals surface area contributed by atoms with Gasteiger partial charge in [-0.2, -0.15) is 13.2 Å². The Balaban J connectivity index is 1.35. The van der Waals surface area contributed by atoms with E-state index >= 15 is 0 Å². The van der Waals surface area contributed by atoms with Gasteiger partial charge in [-0.3, -0.25) is 0 Å². The Morgan fingerprint density at radius 3 is 2.68 bits per heavy atom. The average molecular weight is 472 g/mol. The molecule has 180 valence electrons. The first-order valence-electron chi connectivity index (χ1n) is 11.8. The fourth-order valence-electron chi connectivity index (χ4n) is 5.67. The van der Waals surface area contributed by atoms with E-state index in [1.807, 2.05) is 18.2 Å². The van der Waals surface area contributed by atoms with Crippen molar-refractivity contribution in [3.8, 4) is 5.75 Å². The number of fused-ring (bicyclic) bond motifs is 3. The van der Waals surface area contributed by atoms with Crippen molar-refractivity contribution in [3.63, 3.8) is 0 Å². The van der Waals surface area contributed by atoms with Gasteiger partial charge in [0.2, 0.25) is 0 Å². The maximum atomic E-state index is 13.8. The number of ether oxygens (including phenoxy) is 1. The zero-order chi connectivity index (χ0) is 24.0. The number of aromatic nitrogens is 1. The van der Waals surface area contributed by atoms with Crippen molar-refractivity contribution in [2.24, 2.45) is 0 Å². The van der Waals surface area contributed by atoms with Crippen LogP contribution in [0.5, 0.6) is 5.75 Å². The van der Waals surface area contributed by atoms with Gasteiger partial charge in [0.15, 0.2) is 0 Å². The molecule has 1 fully saturated rings. The highest BCUT2D eigenvalue weighted by molar-refractivity contribution is 5.87. The third kappa shape index (κ3) is 4.45. The van der Waals surface area contributed by atoms with Crippen LogP contribution in [-0.2, 0) is 24.0 Å². The Labute approximate surface area is 196 Å². The number of aliphatic hydroxyl groups excluding tert-OH is 1. The van der Waals surface area contributed by atoms with Crippen LogP contribution in [0.4, 0.5) is 13.2 Å². The number of hydrogen-bond donors (Lipinski definition) is 2. The topological polar surface area (TPSA) is 62.3 Å². The number of carbonyl (C=O) groups is 1. The summed E-state index contributed by atoms with van der Waals surface area (Å²) in [6, 6.07) is 10.1. The summed E-state index contributed by atoms with van der Waals surface area (Å²) >= 11 is 0. The van der Waals surface area contributed by atoms with Gasteiger partial charge in [0, 0.05) is 28.9 Å². The molecule has 0 bridgehead atoms. The number of ketones is 1. The van der Waals surface area contributed by atoms with Crippen molar-refractivity contribution in [3.05, 3.63) is 64.3 Å². The lowest BCUT2D eigenvalue weighted by molar-refractivity contribution is -0.138. The van der Waals surface area contributed by atoms with Crippen LogP contribution in [0.1, 0.15) is 78.8 Å². The minimum Gasteiger partial charge on any atom is -0.489 e. The number of aromatic amines is 1. The number of nitrogens with one attached hydrogen (secondary N) is 1. The van der Waals surface area contributed by atoms with Crippen molar-refractivity contribution in [2.45, 2.75) is 76.2 Å². The molecule has 0 radical (unpaired) electrons. The van der Waals surface area contributed by atoms with Gasteiger partial charge in [0.05, 0.1) is 11.7 Å². The molecule has 2 N–H and O–H groups in total. The summed E-state index contributed by atoms with van der Waals surface area (Å²) in [5, 5.41) is 10.8. The van der Waals surface area contributed by atoms with E-state index in [0.29, 0.717) is 37.0 Å². The van der Waals surface area contributed by atoms with Gasteiger partial charge in [-0.25, -0.2) is 0 Å². The van der Waals surface area contributed by atoms with E-state index in [1.54, 1.807) is 19.1 Å². The molecule has 7 heteroatoms. The zero-order valence-corrected chi connectivity index (χ0v) is 19.0. The molecule has 0 amide bonds. The van der Waals surface area contributed by atoms with Crippen LogP contribution in [-0.4, -0.2) is 22.0 Å². The van der Waals surface area contributed by atoms with Gasteiger partial charge in [0.1, 0.15) is 18.1 Å². The molecule has 2 aliphatic rings. The molecule has 0 spiro atoms. The summed E-state index contributed by atoms with van der Waals surface area (Å²) in [6.45, 7) is 1.64. The second kappa shape index (κ2) is 8.77. The number of carbonyl (C=O) groups excluding carboxylic acids is 1. The van der Waals surface area contributed by atoms with E-state index < -0.39 is 17.8 Å². The lowest BCUT2D eigenvalue weighted by Crippen LogP contribution is -2.13. The number of rotatable bonds is 6. The highest BCUT2D eigenvalue weighted by atomic mass is 19.4. The summed E-state index contributed by atoms with van der Waals surface area (Å²) in [7, 11) is 0. The molecular weight excluding hydrogens is 443 g/mol. The summed E-state index contributed by atoms with van der Waals surface area (Å²) < 4.78 is 47.3. The number of Topliss-reactive ketones (excluding diaryl/α,β-unsaturated/α-hetero) is 1. The number of H-pyrrole nitrogens is 1. The predicted molar refractivity (Wildman–Crippen MR) is 123 cm³/mol. The number of hydrogen-bond acceptors (Lipinski definition) is 3. The SMILES string of the molecule is CC(=O)CC1CCc2c1[nH]c1ccc(OCc3ccc(C4CCC(O)C4)c(C(F)(F)F)c3)cc21. The smallest absolute Gasteiger partial charge is 0.416 e. The molecule has 1 saturated carbocycles. The van der Waals surface area contributed by atoms with Crippen LogP contribution < -0.4 is 4.74 Å². The summed E-state index contributed by atoms with van der Waals surface area (Å²) in [5.74, 6) is 0.714. The van der Waals surface area contributed by atoms with Gasteiger partial charge in [-0.15, -0.1) is 0 Å². The standard InChI is InChI=1S/C27H28F3NO3/c1-15(32)10-18-4-8-22-23-13-20(6-9-25(23)31-26(18)22)34-14-16-2-7-21(17-3-5-19(33)12-17)24(11-16)27(28,29)30/h2,6-7,9,11,13,17-19,31,33H,3-5,8,10,12,14H2,1H3. The molecule has 3 aromatic rings. The molecule has 5 rings (SSSR count). The normalized spacial score (nSPS) is 22.3. The third-order valence-corrected chi connectivity index (χ3v) is 7.27. The summed E-state index contributed by atoms with van der Waals surface area (Å²) in [5.41, 5.74) is 3.38. The highest BCUT2D eigenvalue weighted by Gasteiger charge is 2.37. The Bertz CT molecular complexity index is 1230. The van der Waals surface area contributed by atoms with Crippen molar-refractivity contribution >= 4 is 16.7 Å². The van der Waals surface area contributed by atoms with E-state index in [0.717, 1.165) is 29.4 Å². The van der Waals surface area contributed by atoms with Crippen LogP contribution in [0.25, 0.3) is 10.9 Å². The molecular formula is C27H28F3NO3. The van der Waals surface area contributed by atoms with Gasteiger partial charge in [-0.05, 0) is 85.9 Å². The van der Waals surface area contributed by atoms with Crippen LogP contribution in [0.2, 0.25) is 0 Å². The van der Waals surface area contributed by atoms with E-state index in [9.17, 15) is 23.1 Å². The first-order chi connectivity index (χ1) is 16.2. The first-order valence-corrected chi connectivity index (χ1v) is 11.8. The Morgan fingerprint density at radius 1 is 1.15 bits per heavy atom. The second-order valence-electron chi connectivity index (χ2n) is 9.74. The quantitative estimate of drug-likeness (QED) is 0.437. The number of aliphatic hydroxyl groups is 1. The number of aryl methyl sites for hydroxylation is 1. The molecule has 2 aliphatic carbocycles. The van der Waals surface area contributed by atoms with Crippen molar-refractivity contribution in [1.29, 1.82) is 0 Å². The minimum atomic E-state index is -4.46. The van der Waals surface area contributed by atoms with Crippen LogP contribution >= 0.6 is 0 Å². The lowest BCUT2D eigenvalue weighted by atomic mass is 9.91. The highest BCUT2D eigenvalue weighted by Crippen LogP contribution is 2.43. The Kier molecular flexibility index (Phi) is 5.92. The second-order valence-corrected chi connectivity index (χ2v) is 9.74. The number of alkyl halides is 3. The molecule has 0 saturated heterocycles. The molecule has 1 heterocycles.